The first kappa shape index (κ1) is 17.8. The van der Waals surface area contributed by atoms with Crippen molar-refractivity contribution in [1.29, 1.82) is 0 Å². The van der Waals surface area contributed by atoms with E-state index in [1.165, 1.54) is 18.4 Å². The fourth-order valence-corrected chi connectivity index (χ4v) is 3.82. The van der Waals surface area contributed by atoms with Gasteiger partial charge in [0, 0.05) is 25.1 Å². The normalized spacial score (nSPS) is 17.6. The number of piperidine rings is 1. The van der Waals surface area contributed by atoms with Crippen LogP contribution in [-0.4, -0.2) is 29.2 Å². The summed E-state index contributed by atoms with van der Waals surface area (Å²) in [4.78, 5) is 14.3. The van der Waals surface area contributed by atoms with Crippen LogP contribution in [-0.2, 0) is 4.79 Å². The van der Waals surface area contributed by atoms with Gasteiger partial charge in [-0.2, -0.15) is 5.10 Å². The van der Waals surface area contributed by atoms with Gasteiger partial charge in [-0.15, -0.1) is 5.10 Å². The van der Waals surface area contributed by atoms with Gasteiger partial charge in [0.1, 0.15) is 0 Å². The Kier molecular flexibility index (Phi) is 5.23. The van der Waals surface area contributed by atoms with Gasteiger partial charge >= 0.3 is 0 Å². The van der Waals surface area contributed by atoms with E-state index in [-0.39, 0.29) is 5.91 Å². The molecule has 1 amide bonds. The molecule has 1 saturated carbocycles. The summed E-state index contributed by atoms with van der Waals surface area (Å²) in [5, 5.41) is 8.30. The van der Waals surface area contributed by atoms with E-state index in [1.807, 2.05) is 13.1 Å². The van der Waals surface area contributed by atoms with E-state index < -0.39 is 0 Å². The van der Waals surface area contributed by atoms with E-state index in [2.05, 4.69) is 56.3 Å². The molecule has 2 heterocycles. The van der Waals surface area contributed by atoms with Crippen molar-refractivity contribution in [2.24, 2.45) is 5.92 Å². The number of aromatic nitrogens is 2. The maximum absolute atomic E-state index is 11.9. The molecule has 27 heavy (non-hydrogen) atoms. The second-order valence-corrected chi connectivity index (χ2v) is 7.70. The van der Waals surface area contributed by atoms with Crippen LogP contribution in [0.4, 0.5) is 11.5 Å². The number of carbonyl (C=O) groups is 1. The van der Waals surface area contributed by atoms with E-state index in [1.54, 1.807) is 0 Å². The third-order valence-electron chi connectivity index (χ3n) is 5.68. The highest BCUT2D eigenvalue weighted by Gasteiger charge is 2.25. The third-order valence-corrected chi connectivity index (χ3v) is 5.68. The Morgan fingerprint density at radius 2 is 1.89 bits per heavy atom. The molecule has 0 bridgehead atoms. The molecule has 4 rings (SSSR count). The van der Waals surface area contributed by atoms with Gasteiger partial charge in [0.15, 0.2) is 5.82 Å². The molecular formula is C21H27N5O. The molecule has 1 aromatic heterocycles. The minimum absolute atomic E-state index is 0.0211. The monoisotopic (exact) mass is 365 g/mol. The van der Waals surface area contributed by atoms with Crippen molar-refractivity contribution in [3.8, 4) is 0 Å². The average Bonchev–Trinajstić information content (AvgIpc) is 3.52. The summed E-state index contributed by atoms with van der Waals surface area (Å²) in [5.74, 6) is 1.84. The minimum Gasteiger partial charge on any atom is -0.370 e. The lowest BCUT2D eigenvalue weighted by Crippen LogP contribution is -2.34. The molecule has 0 atom stereocenters. The molecule has 1 saturated heterocycles. The van der Waals surface area contributed by atoms with Gasteiger partial charge in [-0.05, 0) is 50.0 Å². The van der Waals surface area contributed by atoms with Crippen molar-refractivity contribution in [2.75, 3.05) is 23.4 Å². The van der Waals surface area contributed by atoms with Crippen LogP contribution in [0.5, 0.6) is 0 Å². The highest BCUT2D eigenvalue weighted by Crippen LogP contribution is 2.33. The Morgan fingerprint density at radius 1 is 1.15 bits per heavy atom. The van der Waals surface area contributed by atoms with Crippen LogP contribution in [0.15, 0.2) is 36.5 Å². The Morgan fingerprint density at radius 3 is 2.59 bits per heavy atom. The number of amides is 1. The molecule has 0 radical (unpaired) electrons. The number of hydrazine groups is 1. The van der Waals surface area contributed by atoms with Crippen molar-refractivity contribution < 1.29 is 4.79 Å². The standard InChI is InChI=1S/C21H27N5O/c1-15-19(14-22-24-21(15)25-23-20(27)13-16-7-8-16)26-11-9-18(10-12-26)17-5-3-2-4-6-17/h2-6,14,16,18H,7-13H2,1H3,(H,23,27)(H,24,25). The van der Waals surface area contributed by atoms with E-state index in [0.717, 1.165) is 37.2 Å². The lowest BCUT2D eigenvalue weighted by Gasteiger charge is -2.34. The number of rotatable bonds is 6. The summed E-state index contributed by atoms with van der Waals surface area (Å²) in [7, 11) is 0. The number of benzene rings is 1. The van der Waals surface area contributed by atoms with Crippen LogP contribution < -0.4 is 15.8 Å². The average molecular weight is 365 g/mol. The zero-order valence-electron chi connectivity index (χ0n) is 15.8. The molecule has 1 aromatic carbocycles. The fraction of sp³-hybridized carbons (Fsp3) is 0.476. The SMILES string of the molecule is Cc1c(N2CCC(c3ccccc3)CC2)cnnc1NNC(=O)CC1CC1. The van der Waals surface area contributed by atoms with Gasteiger partial charge in [0.05, 0.1) is 11.9 Å². The van der Waals surface area contributed by atoms with Crippen molar-refractivity contribution in [3.05, 3.63) is 47.7 Å². The number of nitrogens with one attached hydrogen (secondary N) is 2. The molecule has 1 aliphatic carbocycles. The smallest absolute Gasteiger partial charge is 0.238 e. The van der Waals surface area contributed by atoms with Gasteiger partial charge in [-0.25, -0.2) is 0 Å². The fourth-order valence-electron chi connectivity index (χ4n) is 3.82. The number of carbonyl (C=O) groups excluding carboxylic acids is 1. The molecule has 6 heteroatoms. The summed E-state index contributed by atoms with van der Waals surface area (Å²) in [6.07, 6.45) is 7.02. The molecule has 2 aliphatic rings. The largest absolute Gasteiger partial charge is 0.370 e. The first-order valence-electron chi connectivity index (χ1n) is 9.87. The summed E-state index contributed by atoms with van der Waals surface area (Å²) < 4.78 is 0. The zero-order valence-corrected chi connectivity index (χ0v) is 15.8. The van der Waals surface area contributed by atoms with Crippen molar-refractivity contribution in [3.63, 3.8) is 0 Å². The lowest BCUT2D eigenvalue weighted by molar-refractivity contribution is -0.120. The van der Waals surface area contributed by atoms with E-state index in [0.29, 0.717) is 24.1 Å². The third kappa shape index (κ3) is 4.38. The van der Waals surface area contributed by atoms with Gasteiger partial charge in [0.2, 0.25) is 5.91 Å². The number of hydrogen-bond donors (Lipinski definition) is 2. The summed E-state index contributed by atoms with van der Waals surface area (Å²) >= 11 is 0. The van der Waals surface area contributed by atoms with Gasteiger partial charge in [0.25, 0.3) is 0 Å². The minimum atomic E-state index is 0.0211. The maximum Gasteiger partial charge on any atom is 0.238 e. The molecule has 142 valence electrons. The Labute approximate surface area is 160 Å². The van der Waals surface area contributed by atoms with E-state index >= 15 is 0 Å². The highest BCUT2D eigenvalue weighted by molar-refractivity contribution is 5.78. The van der Waals surface area contributed by atoms with Crippen LogP contribution in [0.1, 0.15) is 49.1 Å². The quantitative estimate of drug-likeness (QED) is 0.768. The van der Waals surface area contributed by atoms with Crippen LogP contribution in [0.2, 0.25) is 0 Å². The zero-order chi connectivity index (χ0) is 18.6. The second-order valence-electron chi connectivity index (χ2n) is 7.70. The van der Waals surface area contributed by atoms with Gasteiger partial charge < -0.3 is 4.90 Å². The summed E-state index contributed by atoms with van der Waals surface area (Å²) in [6.45, 7) is 4.03. The molecule has 2 aromatic rings. The molecule has 1 aliphatic heterocycles. The second kappa shape index (κ2) is 7.94. The molecule has 2 N–H and O–H groups in total. The van der Waals surface area contributed by atoms with E-state index in [9.17, 15) is 4.79 Å². The maximum atomic E-state index is 11.9. The van der Waals surface area contributed by atoms with Crippen LogP contribution >= 0.6 is 0 Å². The van der Waals surface area contributed by atoms with E-state index in [4.69, 9.17) is 0 Å². The first-order valence-corrected chi connectivity index (χ1v) is 9.87. The predicted molar refractivity (Wildman–Crippen MR) is 107 cm³/mol. The van der Waals surface area contributed by atoms with Crippen molar-refractivity contribution in [2.45, 2.75) is 44.9 Å². The molecule has 0 spiro atoms. The Balaban J connectivity index is 1.37. The lowest BCUT2D eigenvalue weighted by atomic mass is 9.89. The molecular weight excluding hydrogens is 338 g/mol. The highest BCUT2D eigenvalue weighted by atomic mass is 16.2. The molecule has 0 unspecified atom stereocenters. The number of nitrogens with zero attached hydrogens (tertiary/aromatic N) is 3. The number of hydrogen-bond acceptors (Lipinski definition) is 5. The van der Waals surface area contributed by atoms with Gasteiger partial charge in [-0.1, -0.05) is 30.3 Å². The summed E-state index contributed by atoms with van der Waals surface area (Å²) in [6, 6.07) is 10.8. The summed E-state index contributed by atoms with van der Waals surface area (Å²) in [5.41, 5.74) is 9.27. The van der Waals surface area contributed by atoms with Gasteiger partial charge in [-0.3, -0.25) is 15.6 Å². The molecule has 2 fully saturated rings. The van der Waals surface area contributed by atoms with Crippen molar-refractivity contribution >= 4 is 17.4 Å². The van der Waals surface area contributed by atoms with Crippen molar-refractivity contribution in [1.82, 2.24) is 15.6 Å². The Hall–Kier alpha value is -2.63. The van der Waals surface area contributed by atoms with Crippen LogP contribution in [0.25, 0.3) is 0 Å². The van der Waals surface area contributed by atoms with Crippen LogP contribution in [0, 0.1) is 12.8 Å². The Bertz CT molecular complexity index is 782. The molecule has 6 nitrogen and oxygen atoms in total. The number of anilines is 2. The topological polar surface area (TPSA) is 70.2 Å². The van der Waals surface area contributed by atoms with Crippen LogP contribution in [0.3, 0.4) is 0 Å². The first-order chi connectivity index (χ1) is 13.2. The predicted octanol–water partition coefficient (Wildman–Crippen LogP) is 3.41.